The monoisotopic (exact) mass is 262 g/mol. The third kappa shape index (κ3) is 2.10. The Morgan fingerprint density at radius 1 is 1.44 bits per heavy atom. The highest BCUT2D eigenvalue weighted by Gasteiger charge is 2.24. The first-order chi connectivity index (χ1) is 8.75. The molecule has 0 radical (unpaired) electrons. The molecule has 2 aromatic rings. The highest BCUT2D eigenvalue weighted by atomic mass is 32.1. The lowest BCUT2D eigenvalue weighted by Crippen LogP contribution is -2.20. The van der Waals surface area contributed by atoms with Crippen molar-refractivity contribution < 1.29 is 4.52 Å². The predicted molar refractivity (Wildman–Crippen MR) is 73.8 cm³/mol. The van der Waals surface area contributed by atoms with Crippen molar-refractivity contribution in [1.29, 1.82) is 0 Å². The summed E-state index contributed by atoms with van der Waals surface area (Å²) in [6.07, 6.45) is 2.18. The summed E-state index contributed by atoms with van der Waals surface area (Å²) in [6.45, 7) is 6.26. The molecule has 2 aromatic heterocycles. The van der Waals surface area contributed by atoms with E-state index in [9.17, 15) is 0 Å². The number of thiophene rings is 1. The van der Waals surface area contributed by atoms with E-state index in [1.807, 2.05) is 11.3 Å². The smallest absolute Gasteiger partial charge is 0.171 e. The molecule has 0 saturated carbocycles. The van der Waals surface area contributed by atoms with E-state index in [4.69, 9.17) is 4.52 Å². The molecule has 3 nitrogen and oxygen atoms in total. The van der Waals surface area contributed by atoms with E-state index in [-0.39, 0.29) is 0 Å². The Morgan fingerprint density at radius 3 is 3.17 bits per heavy atom. The van der Waals surface area contributed by atoms with E-state index >= 15 is 0 Å². The quantitative estimate of drug-likeness (QED) is 0.919. The van der Waals surface area contributed by atoms with Gasteiger partial charge in [0.15, 0.2) is 5.76 Å². The van der Waals surface area contributed by atoms with Crippen LogP contribution in [0.15, 0.2) is 16.0 Å². The molecule has 3 rings (SSSR count). The fourth-order valence-electron chi connectivity index (χ4n) is 2.40. The molecule has 0 amide bonds. The van der Waals surface area contributed by atoms with Gasteiger partial charge in [-0.1, -0.05) is 19.0 Å². The van der Waals surface area contributed by atoms with Gasteiger partial charge in [-0.05, 0) is 36.8 Å². The zero-order chi connectivity index (χ0) is 12.5. The molecule has 96 valence electrons. The van der Waals surface area contributed by atoms with Crippen molar-refractivity contribution in [3.8, 4) is 11.3 Å². The standard InChI is InChI=1S/C14H18N2OS/c1-9(2)7-15-8-12-10-3-4-13-11(5-6-18-13)14(10)17-16-12/h5-6,9,15H,3-4,7-8H2,1-2H3. The molecule has 0 spiro atoms. The van der Waals surface area contributed by atoms with E-state index in [2.05, 4.69) is 35.8 Å². The molecule has 0 atom stereocenters. The van der Waals surface area contributed by atoms with Crippen LogP contribution in [0.3, 0.4) is 0 Å². The minimum absolute atomic E-state index is 0.663. The van der Waals surface area contributed by atoms with Crippen LogP contribution < -0.4 is 5.32 Å². The van der Waals surface area contributed by atoms with Gasteiger partial charge >= 0.3 is 0 Å². The van der Waals surface area contributed by atoms with Crippen LogP contribution in [0.4, 0.5) is 0 Å². The summed E-state index contributed by atoms with van der Waals surface area (Å²) in [6, 6.07) is 2.15. The molecule has 18 heavy (non-hydrogen) atoms. The van der Waals surface area contributed by atoms with Crippen molar-refractivity contribution in [3.63, 3.8) is 0 Å². The third-order valence-corrected chi connectivity index (χ3v) is 4.29. The van der Waals surface area contributed by atoms with E-state index in [1.165, 1.54) is 16.0 Å². The van der Waals surface area contributed by atoms with Crippen LogP contribution in [0.1, 0.15) is 30.0 Å². The first-order valence-corrected chi connectivity index (χ1v) is 7.38. The van der Waals surface area contributed by atoms with Gasteiger partial charge in [0.25, 0.3) is 0 Å². The molecule has 0 aromatic carbocycles. The first kappa shape index (κ1) is 11.9. The summed E-state index contributed by atoms with van der Waals surface area (Å²) in [5, 5.41) is 9.81. The Labute approximate surface area is 111 Å². The fraction of sp³-hybridized carbons (Fsp3) is 0.500. The van der Waals surface area contributed by atoms with Gasteiger partial charge in [0.1, 0.15) is 5.69 Å². The van der Waals surface area contributed by atoms with Crippen LogP contribution in [-0.4, -0.2) is 11.7 Å². The Hall–Kier alpha value is -1.13. The van der Waals surface area contributed by atoms with E-state index in [0.29, 0.717) is 5.92 Å². The fourth-order valence-corrected chi connectivity index (χ4v) is 3.28. The molecule has 0 fully saturated rings. The van der Waals surface area contributed by atoms with Gasteiger partial charge in [-0.25, -0.2) is 0 Å². The SMILES string of the molecule is CC(C)CNCc1noc2c1CCc1sccc1-2. The predicted octanol–water partition coefficient (Wildman–Crippen LogP) is 3.25. The maximum atomic E-state index is 5.55. The lowest BCUT2D eigenvalue weighted by atomic mass is 9.95. The number of hydrogen-bond donors (Lipinski definition) is 1. The van der Waals surface area contributed by atoms with Gasteiger partial charge in [0, 0.05) is 22.5 Å². The molecular weight excluding hydrogens is 244 g/mol. The van der Waals surface area contributed by atoms with Crippen molar-refractivity contribution in [3.05, 3.63) is 27.6 Å². The average molecular weight is 262 g/mol. The van der Waals surface area contributed by atoms with E-state index < -0.39 is 0 Å². The summed E-state index contributed by atoms with van der Waals surface area (Å²) in [7, 11) is 0. The second-order valence-corrected chi connectivity index (χ2v) is 6.22. The normalized spacial score (nSPS) is 13.7. The van der Waals surface area contributed by atoms with Gasteiger partial charge in [-0.15, -0.1) is 11.3 Å². The number of hydrogen-bond acceptors (Lipinski definition) is 4. The summed E-state index contributed by atoms with van der Waals surface area (Å²) in [5.41, 5.74) is 3.64. The van der Waals surface area contributed by atoms with Crippen LogP contribution in [0.5, 0.6) is 0 Å². The van der Waals surface area contributed by atoms with Gasteiger partial charge in [0.05, 0.1) is 0 Å². The van der Waals surface area contributed by atoms with Gasteiger partial charge < -0.3 is 9.84 Å². The summed E-state index contributed by atoms with van der Waals surface area (Å²) in [5.74, 6) is 1.66. The molecule has 1 aliphatic carbocycles. The second kappa shape index (κ2) is 4.86. The molecule has 0 saturated heterocycles. The van der Waals surface area contributed by atoms with Gasteiger partial charge in [0.2, 0.25) is 0 Å². The number of nitrogens with zero attached hydrogens (tertiary/aromatic N) is 1. The second-order valence-electron chi connectivity index (χ2n) is 5.22. The Kier molecular flexibility index (Phi) is 3.22. The number of aromatic nitrogens is 1. The van der Waals surface area contributed by atoms with Crippen molar-refractivity contribution >= 4 is 11.3 Å². The minimum atomic E-state index is 0.663. The molecule has 1 aliphatic rings. The van der Waals surface area contributed by atoms with Gasteiger partial charge in [-0.2, -0.15) is 0 Å². The van der Waals surface area contributed by atoms with Gasteiger partial charge in [-0.3, -0.25) is 0 Å². The summed E-state index contributed by atoms with van der Waals surface area (Å²) in [4.78, 5) is 1.43. The molecule has 0 aliphatic heterocycles. The molecule has 4 heteroatoms. The van der Waals surface area contributed by atoms with E-state index in [0.717, 1.165) is 37.4 Å². The van der Waals surface area contributed by atoms with Crippen molar-refractivity contribution in [2.75, 3.05) is 6.54 Å². The molecule has 2 heterocycles. The molecule has 0 bridgehead atoms. The number of fused-ring (bicyclic) bond motifs is 3. The molecule has 1 N–H and O–H groups in total. The largest absolute Gasteiger partial charge is 0.356 e. The zero-order valence-electron chi connectivity index (χ0n) is 10.8. The Bertz CT molecular complexity index is 542. The van der Waals surface area contributed by atoms with Crippen LogP contribution in [0, 0.1) is 5.92 Å². The lowest BCUT2D eigenvalue weighted by molar-refractivity contribution is 0.417. The summed E-state index contributed by atoms with van der Waals surface area (Å²) < 4.78 is 5.55. The maximum Gasteiger partial charge on any atom is 0.171 e. The Balaban J connectivity index is 1.80. The minimum Gasteiger partial charge on any atom is -0.356 e. The van der Waals surface area contributed by atoms with Crippen LogP contribution in [0.2, 0.25) is 0 Å². The highest BCUT2D eigenvalue weighted by molar-refractivity contribution is 7.10. The van der Waals surface area contributed by atoms with Crippen molar-refractivity contribution in [2.45, 2.75) is 33.2 Å². The number of aryl methyl sites for hydroxylation is 1. The maximum absolute atomic E-state index is 5.55. The van der Waals surface area contributed by atoms with Crippen LogP contribution >= 0.6 is 11.3 Å². The van der Waals surface area contributed by atoms with Crippen molar-refractivity contribution in [2.24, 2.45) is 5.92 Å². The third-order valence-electron chi connectivity index (χ3n) is 3.31. The van der Waals surface area contributed by atoms with E-state index in [1.54, 1.807) is 0 Å². The van der Waals surface area contributed by atoms with Crippen molar-refractivity contribution in [1.82, 2.24) is 10.5 Å². The highest BCUT2D eigenvalue weighted by Crippen LogP contribution is 2.37. The lowest BCUT2D eigenvalue weighted by Gasteiger charge is -2.11. The number of rotatable bonds is 4. The Morgan fingerprint density at radius 2 is 2.33 bits per heavy atom. The molecular formula is C14H18N2OS. The topological polar surface area (TPSA) is 38.1 Å². The van der Waals surface area contributed by atoms with Crippen LogP contribution in [0.25, 0.3) is 11.3 Å². The van der Waals surface area contributed by atoms with Crippen LogP contribution in [-0.2, 0) is 19.4 Å². The zero-order valence-corrected chi connectivity index (χ0v) is 11.6. The average Bonchev–Trinajstić information content (AvgIpc) is 2.93. The summed E-state index contributed by atoms with van der Waals surface area (Å²) >= 11 is 1.82. The molecule has 0 unspecified atom stereocenters. The number of nitrogens with one attached hydrogen (secondary N) is 1. The first-order valence-electron chi connectivity index (χ1n) is 6.50.